The van der Waals surface area contributed by atoms with Gasteiger partial charge in [0.1, 0.15) is 12.4 Å². The SMILES string of the molecule is CC(=O)C1=C(O)C(=O)N(CC(=O)O)[C@@H]1c1ccccc1F. The van der Waals surface area contributed by atoms with Gasteiger partial charge >= 0.3 is 5.97 Å². The highest BCUT2D eigenvalue weighted by atomic mass is 19.1. The zero-order valence-corrected chi connectivity index (χ0v) is 11.0. The van der Waals surface area contributed by atoms with Gasteiger partial charge in [0.25, 0.3) is 5.91 Å². The maximum Gasteiger partial charge on any atom is 0.323 e. The number of aliphatic hydroxyl groups is 1. The van der Waals surface area contributed by atoms with Crippen LogP contribution in [0.4, 0.5) is 4.39 Å². The summed E-state index contributed by atoms with van der Waals surface area (Å²) in [6.07, 6.45) is 0. The van der Waals surface area contributed by atoms with Crippen molar-refractivity contribution in [2.24, 2.45) is 0 Å². The van der Waals surface area contributed by atoms with Crippen LogP contribution in [0, 0.1) is 5.82 Å². The van der Waals surface area contributed by atoms with Crippen LogP contribution in [0.2, 0.25) is 0 Å². The van der Waals surface area contributed by atoms with E-state index in [2.05, 4.69) is 0 Å². The summed E-state index contributed by atoms with van der Waals surface area (Å²) in [6.45, 7) is 0.371. The first-order valence-electron chi connectivity index (χ1n) is 6.05. The first-order valence-corrected chi connectivity index (χ1v) is 6.05. The highest BCUT2D eigenvalue weighted by molar-refractivity contribution is 6.08. The number of benzene rings is 1. The fourth-order valence-electron chi connectivity index (χ4n) is 2.34. The Balaban J connectivity index is 2.60. The fraction of sp³-hybridized carbons (Fsp3) is 0.214. The molecule has 0 bridgehead atoms. The Kier molecular flexibility index (Phi) is 3.75. The molecule has 2 rings (SSSR count). The molecule has 110 valence electrons. The van der Waals surface area contributed by atoms with Crippen molar-refractivity contribution in [3.63, 3.8) is 0 Å². The lowest BCUT2D eigenvalue weighted by molar-refractivity contribution is -0.144. The number of carbonyl (C=O) groups excluding carboxylic acids is 2. The molecule has 0 spiro atoms. The Bertz CT molecular complexity index is 667. The molecule has 0 radical (unpaired) electrons. The number of carboxylic acids is 1. The monoisotopic (exact) mass is 293 g/mol. The lowest BCUT2D eigenvalue weighted by atomic mass is 9.96. The number of ketones is 1. The summed E-state index contributed by atoms with van der Waals surface area (Å²) in [5, 5.41) is 18.7. The number of Topliss-reactive ketones (excluding diaryl/α,β-unsaturated/α-hetero) is 1. The zero-order chi connectivity index (χ0) is 15.7. The van der Waals surface area contributed by atoms with Gasteiger partial charge < -0.3 is 15.1 Å². The Morgan fingerprint density at radius 1 is 1.33 bits per heavy atom. The van der Waals surface area contributed by atoms with E-state index in [1.807, 2.05) is 0 Å². The molecule has 1 atom stereocenters. The average Bonchev–Trinajstić information content (AvgIpc) is 2.63. The molecule has 1 aromatic carbocycles. The number of aliphatic hydroxyl groups excluding tert-OH is 1. The number of halogens is 1. The van der Waals surface area contributed by atoms with Crippen molar-refractivity contribution < 1.29 is 29.0 Å². The Labute approximate surface area is 119 Å². The van der Waals surface area contributed by atoms with Gasteiger partial charge in [-0.1, -0.05) is 18.2 Å². The Morgan fingerprint density at radius 3 is 2.48 bits per heavy atom. The van der Waals surface area contributed by atoms with Gasteiger partial charge in [0, 0.05) is 5.56 Å². The number of hydrogen-bond donors (Lipinski definition) is 2. The normalized spacial score (nSPS) is 18.3. The van der Waals surface area contributed by atoms with Crippen LogP contribution in [0.3, 0.4) is 0 Å². The molecule has 0 fully saturated rings. The van der Waals surface area contributed by atoms with E-state index in [-0.39, 0.29) is 11.1 Å². The van der Waals surface area contributed by atoms with Crippen LogP contribution in [0.1, 0.15) is 18.5 Å². The van der Waals surface area contributed by atoms with Gasteiger partial charge in [-0.3, -0.25) is 14.4 Å². The Morgan fingerprint density at radius 2 is 1.95 bits per heavy atom. The van der Waals surface area contributed by atoms with Crippen molar-refractivity contribution >= 4 is 17.7 Å². The summed E-state index contributed by atoms with van der Waals surface area (Å²) >= 11 is 0. The van der Waals surface area contributed by atoms with Crippen LogP contribution >= 0.6 is 0 Å². The molecular formula is C14H12FNO5. The fourth-order valence-corrected chi connectivity index (χ4v) is 2.34. The third-order valence-electron chi connectivity index (χ3n) is 3.19. The number of carboxylic acid groups (broad SMARTS) is 1. The summed E-state index contributed by atoms with van der Waals surface area (Å²) < 4.78 is 13.9. The van der Waals surface area contributed by atoms with Gasteiger partial charge in [0.05, 0.1) is 11.6 Å². The van der Waals surface area contributed by atoms with Crippen LogP contribution in [0.25, 0.3) is 0 Å². The van der Waals surface area contributed by atoms with Crippen molar-refractivity contribution in [3.8, 4) is 0 Å². The summed E-state index contributed by atoms with van der Waals surface area (Å²) in [7, 11) is 0. The summed E-state index contributed by atoms with van der Waals surface area (Å²) in [5.74, 6) is -4.49. The molecule has 6 nitrogen and oxygen atoms in total. The molecule has 21 heavy (non-hydrogen) atoms. The molecule has 0 saturated heterocycles. The third-order valence-corrected chi connectivity index (χ3v) is 3.19. The van der Waals surface area contributed by atoms with Gasteiger partial charge in [-0.25, -0.2) is 4.39 Å². The van der Waals surface area contributed by atoms with Crippen molar-refractivity contribution in [1.82, 2.24) is 4.90 Å². The predicted octanol–water partition coefficient (Wildman–Crippen LogP) is 1.19. The quantitative estimate of drug-likeness (QED) is 0.869. The highest BCUT2D eigenvalue weighted by Gasteiger charge is 2.44. The van der Waals surface area contributed by atoms with E-state index in [9.17, 15) is 23.9 Å². The second kappa shape index (κ2) is 5.35. The van der Waals surface area contributed by atoms with Gasteiger partial charge in [-0.05, 0) is 13.0 Å². The summed E-state index contributed by atoms with van der Waals surface area (Å²) in [4.78, 5) is 35.2. The predicted molar refractivity (Wildman–Crippen MR) is 68.8 cm³/mol. The highest BCUT2D eigenvalue weighted by Crippen LogP contribution is 2.38. The van der Waals surface area contributed by atoms with E-state index in [0.29, 0.717) is 0 Å². The number of hydrogen-bond acceptors (Lipinski definition) is 4. The minimum Gasteiger partial charge on any atom is -0.503 e. The lowest BCUT2D eigenvalue weighted by Gasteiger charge is -2.25. The van der Waals surface area contributed by atoms with Crippen LogP contribution in [0.15, 0.2) is 35.6 Å². The smallest absolute Gasteiger partial charge is 0.323 e. The van der Waals surface area contributed by atoms with Crippen molar-refractivity contribution in [2.75, 3.05) is 6.54 Å². The average molecular weight is 293 g/mol. The van der Waals surface area contributed by atoms with E-state index in [1.54, 1.807) is 0 Å². The van der Waals surface area contributed by atoms with E-state index in [4.69, 9.17) is 5.11 Å². The number of amides is 1. The van der Waals surface area contributed by atoms with E-state index in [1.165, 1.54) is 18.2 Å². The van der Waals surface area contributed by atoms with Crippen molar-refractivity contribution in [3.05, 3.63) is 47.0 Å². The molecule has 1 aliphatic heterocycles. The molecule has 7 heteroatoms. The van der Waals surface area contributed by atoms with E-state index < -0.39 is 41.8 Å². The minimum atomic E-state index is -1.33. The van der Waals surface area contributed by atoms with Gasteiger partial charge in [0.15, 0.2) is 11.5 Å². The van der Waals surface area contributed by atoms with Crippen LogP contribution in [0.5, 0.6) is 0 Å². The topological polar surface area (TPSA) is 94.9 Å². The van der Waals surface area contributed by atoms with Crippen molar-refractivity contribution in [1.29, 1.82) is 0 Å². The largest absolute Gasteiger partial charge is 0.503 e. The van der Waals surface area contributed by atoms with Gasteiger partial charge in [-0.2, -0.15) is 0 Å². The van der Waals surface area contributed by atoms with Crippen LogP contribution < -0.4 is 0 Å². The zero-order valence-electron chi connectivity index (χ0n) is 11.0. The lowest BCUT2D eigenvalue weighted by Crippen LogP contribution is -2.35. The van der Waals surface area contributed by atoms with Crippen LogP contribution in [-0.2, 0) is 14.4 Å². The second-order valence-corrected chi connectivity index (χ2v) is 4.57. The molecular weight excluding hydrogens is 281 g/mol. The number of carbonyl (C=O) groups is 3. The molecule has 2 N–H and O–H groups in total. The van der Waals surface area contributed by atoms with Gasteiger partial charge in [0.2, 0.25) is 0 Å². The third kappa shape index (κ3) is 2.49. The maximum atomic E-state index is 13.9. The van der Waals surface area contributed by atoms with Crippen molar-refractivity contribution in [2.45, 2.75) is 13.0 Å². The first kappa shape index (κ1) is 14.7. The molecule has 0 aliphatic carbocycles. The van der Waals surface area contributed by atoms with Crippen LogP contribution in [-0.4, -0.2) is 39.3 Å². The van der Waals surface area contributed by atoms with E-state index >= 15 is 0 Å². The molecule has 0 aromatic heterocycles. The summed E-state index contributed by atoms with van der Waals surface area (Å²) in [6, 6.07) is 4.14. The van der Waals surface area contributed by atoms with E-state index in [0.717, 1.165) is 17.9 Å². The number of nitrogens with zero attached hydrogens (tertiary/aromatic N) is 1. The molecule has 1 aliphatic rings. The number of aliphatic carboxylic acids is 1. The molecule has 1 heterocycles. The maximum absolute atomic E-state index is 13.9. The van der Waals surface area contributed by atoms with Gasteiger partial charge in [-0.15, -0.1) is 0 Å². The molecule has 1 aromatic rings. The molecule has 1 amide bonds. The minimum absolute atomic E-state index is 0.0404. The summed E-state index contributed by atoms with van der Waals surface area (Å²) in [5.41, 5.74) is -0.340. The standard InChI is InChI=1S/C14H12FNO5/c1-7(17)11-12(8-4-2-3-5-9(8)15)16(6-10(18)19)14(21)13(11)20/h2-5,12,20H,6H2,1H3,(H,18,19)/t12-/m1/s1. The second-order valence-electron chi connectivity index (χ2n) is 4.57. The number of rotatable bonds is 4. The molecule has 0 unspecified atom stereocenters. The first-order chi connectivity index (χ1) is 9.84. The Hall–Kier alpha value is -2.70. The molecule has 0 saturated carbocycles.